The lowest BCUT2D eigenvalue weighted by molar-refractivity contribution is 0.0951. The van der Waals surface area contributed by atoms with Gasteiger partial charge in [-0.05, 0) is 36.2 Å². The second kappa shape index (κ2) is 7.63. The number of amides is 1. The zero-order chi connectivity index (χ0) is 19.4. The monoisotopic (exact) mass is 384 g/mol. The zero-order valence-electron chi connectivity index (χ0n) is 15.0. The molecule has 0 bridgehead atoms. The zero-order valence-corrected chi connectivity index (χ0v) is 15.8. The highest BCUT2D eigenvalue weighted by molar-refractivity contribution is 7.92. The summed E-state index contributed by atoms with van der Waals surface area (Å²) in [6.45, 7) is 2.10. The second-order valence-electron chi connectivity index (χ2n) is 6.19. The molecule has 1 amide bonds. The molecule has 7 nitrogen and oxygen atoms in total. The molecule has 0 radical (unpaired) electrons. The Morgan fingerprint density at radius 3 is 2.67 bits per heavy atom. The molecule has 0 atom stereocenters. The molecule has 3 rings (SSSR count). The number of sulfonamides is 1. The molecule has 2 aromatic carbocycles. The van der Waals surface area contributed by atoms with Gasteiger partial charge in [-0.15, -0.1) is 0 Å². The maximum atomic E-state index is 12.5. The molecule has 0 aliphatic rings. The van der Waals surface area contributed by atoms with E-state index in [4.69, 9.17) is 0 Å². The van der Waals surface area contributed by atoms with E-state index in [0.29, 0.717) is 17.8 Å². The lowest BCUT2D eigenvalue weighted by atomic mass is 10.1. The summed E-state index contributed by atoms with van der Waals surface area (Å²) >= 11 is 0. The number of anilines is 1. The van der Waals surface area contributed by atoms with E-state index in [1.165, 1.54) is 6.07 Å². The van der Waals surface area contributed by atoms with E-state index >= 15 is 0 Å². The van der Waals surface area contributed by atoms with Gasteiger partial charge in [0.25, 0.3) is 5.91 Å². The van der Waals surface area contributed by atoms with Gasteiger partial charge < -0.3 is 9.88 Å². The third-order valence-corrected chi connectivity index (χ3v) is 4.60. The van der Waals surface area contributed by atoms with Crippen LogP contribution in [0, 0.1) is 6.92 Å². The number of carbonyl (C=O) groups excluding carboxylic acids is 1. The first-order valence-corrected chi connectivity index (χ1v) is 10.2. The van der Waals surface area contributed by atoms with Crippen molar-refractivity contribution >= 4 is 21.6 Å². The third kappa shape index (κ3) is 4.73. The van der Waals surface area contributed by atoms with Gasteiger partial charge in [-0.3, -0.25) is 9.52 Å². The van der Waals surface area contributed by atoms with Gasteiger partial charge in [0.15, 0.2) is 0 Å². The van der Waals surface area contributed by atoms with E-state index in [1.54, 1.807) is 31.6 Å². The van der Waals surface area contributed by atoms with Crippen LogP contribution in [0.3, 0.4) is 0 Å². The van der Waals surface area contributed by atoms with Crippen molar-refractivity contribution in [3.63, 3.8) is 0 Å². The second-order valence-corrected chi connectivity index (χ2v) is 7.93. The average Bonchev–Trinajstić information content (AvgIpc) is 3.15. The molecule has 0 saturated heterocycles. The molecule has 140 valence electrons. The number of hydrogen-bond donors (Lipinski definition) is 2. The summed E-state index contributed by atoms with van der Waals surface area (Å²) in [6.07, 6.45) is 6.30. The summed E-state index contributed by atoms with van der Waals surface area (Å²) in [4.78, 5) is 16.6. The summed E-state index contributed by atoms with van der Waals surface area (Å²) in [5.74, 6) is -0.285. The molecule has 8 heteroatoms. The van der Waals surface area contributed by atoms with Gasteiger partial charge >= 0.3 is 0 Å². The number of carbonyl (C=O) groups is 1. The SMILES string of the molecule is Cc1ccc(C(=O)NCc2ccccc2-n2ccnc2)cc1NS(C)(=O)=O. The average molecular weight is 384 g/mol. The Balaban J connectivity index is 1.77. The molecule has 1 aromatic heterocycles. The van der Waals surface area contributed by atoms with Crippen LogP contribution in [0.15, 0.2) is 61.2 Å². The van der Waals surface area contributed by atoms with Crippen molar-refractivity contribution in [1.82, 2.24) is 14.9 Å². The van der Waals surface area contributed by atoms with Crippen LogP contribution >= 0.6 is 0 Å². The molecule has 3 aromatic rings. The van der Waals surface area contributed by atoms with Crippen molar-refractivity contribution in [2.45, 2.75) is 13.5 Å². The minimum Gasteiger partial charge on any atom is -0.348 e. The van der Waals surface area contributed by atoms with Gasteiger partial charge in [0.1, 0.15) is 0 Å². The van der Waals surface area contributed by atoms with Crippen LogP contribution in [0.25, 0.3) is 5.69 Å². The molecule has 0 aliphatic carbocycles. The molecule has 1 heterocycles. The van der Waals surface area contributed by atoms with Crippen LogP contribution in [-0.2, 0) is 16.6 Å². The number of rotatable bonds is 6. The van der Waals surface area contributed by atoms with Crippen LogP contribution in [-0.4, -0.2) is 30.1 Å². The molecule has 0 aliphatic heterocycles. The standard InChI is InChI=1S/C19H20N4O3S/c1-14-7-8-15(11-17(14)22-27(2,25)26)19(24)21-12-16-5-3-4-6-18(16)23-10-9-20-13-23/h3-11,13,22H,12H2,1-2H3,(H,21,24). The lowest BCUT2D eigenvalue weighted by Gasteiger charge is -2.13. The predicted octanol–water partition coefficient (Wildman–Crippen LogP) is 2.48. The van der Waals surface area contributed by atoms with Crippen LogP contribution in [0.2, 0.25) is 0 Å². The van der Waals surface area contributed by atoms with E-state index < -0.39 is 10.0 Å². The van der Waals surface area contributed by atoms with Gasteiger partial charge in [-0.25, -0.2) is 13.4 Å². The smallest absolute Gasteiger partial charge is 0.251 e. The number of imidazole rings is 1. The predicted molar refractivity (Wildman–Crippen MR) is 104 cm³/mol. The fourth-order valence-corrected chi connectivity index (χ4v) is 3.28. The summed E-state index contributed by atoms with van der Waals surface area (Å²) < 4.78 is 27.3. The number of nitrogens with one attached hydrogen (secondary N) is 2. The van der Waals surface area contributed by atoms with Gasteiger partial charge in [0, 0.05) is 24.5 Å². The molecular weight excluding hydrogens is 364 g/mol. The van der Waals surface area contributed by atoms with E-state index in [-0.39, 0.29) is 5.91 Å². The Labute approximate surface area is 158 Å². The van der Waals surface area contributed by atoms with Crippen molar-refractivity contribution in [2.75, 3.05) is 11.0 Å². The van der Waals surface area contributed by atoms with Crippen LogP contribution in [0.5, 0.6) is 0 Å². The Morgan fingerprint density at radius 1 is 1.19 bits per heavy atom. The molecule has 0 spiro atoms. The van der Waals surface area contributed by atoms with E-state index in [9.17, 15) is 13.2 Å². The molecule has 0 unspecified atom stereocenters. The van der Waals surface area contributed by atoms with Crippen molar-refractivity contribution < 1.29 is 13.2 Å². The van der Waals surface area contributed by atoms with Crippen molar-refractivity contribution in [3.8, 4) is 5.69 Å². The number of nitrogens with zero attached hydrogens (tertiary/aromatic N) is 2. The molecule has 0 saturated carbocycles. The summed E-state index contributed by atoms with van der Waals surface area (Å²) in [7, 11) is -3.42. The summed E-state index contributed by atoms with van der Waals surface area (Å²) in [5.41, 5.74) is 3.38. The molecule has 27 heavy (non-hydrogen) atoms. The Bertz CT molecular complexity index is 1060. The number of hydrogen-bond acceptors (Lipinski definition) is 4. The van der Waals surface area contributed by atoms with Crippen molar-refractivity contribution in [3.05, 3.63) is 77.9 Å². The first-order valence-electron chi connectivity index (χ1n) is 8.26. The Hall–Kier alpha value is -3.13. The highest BCUT2D eigenvalue weighted by atomic mass is 32.2. The topological polar surface area (TPSA) is 93.1 Å². The Morgan fingerprint density at radius 2 is 1.96 bits per heavy atom. The first-order chi connectivity index (χ1) is 12.8. The number of para-hydroxylation sites is 1. The summed E-state index contributed by atoms with van der Waals surface area (Å²) in [6, 6.07) is 12.6. The van der Waals surface area contributed by atoms with Gasteiger partial charge in [-0.1, -0.05) is 24.3 Å². The van der Waals surface area contributed by atoms with Crippen molar-refractivity contribution in [2.24, 2.45) is 0 Å². The van der Waals surface area contributed by atoms with E-state index in [0.717, 1.165) is 23.1 Å². The van der Waals surface area contributed by atoms with Gasteiger partial charge in [0.05, 0.1) is 24.0 Å². The maximum Gasteiger partial charge on any atom is 0.251 e. The van der Waals surface area contributed by atoms with Crippen molar-refractivity contribution in [1.29, 1.82) is 0 Å². The van der Waals surface area contributed by atoms with Gasteiger partial charge in [0.2, 0.25) is 10.0 Å². The van der Waals surface area contributed by atoms with Gasteiger partial charge in [-0.2, -0.15) is 0 Å². The number of aryl methyl sites for hydroxylation is 1. The van der Waals surface area contributed by atoms with Crippen LogP contribution in [0.1, 0.15) is 21.5 Å². The highest BCUT2D eigenvalue weighted by Gasteiger charge is 2.12. The lowest BCUT2D eigenvalue weighted by Crippen LogP contribution is -2.24. The fourth-order valence-electron chi connectivity index (χ4n) is 2.66. The molecular formula is C19H20N4O3S. The van der Waals surface area contributed by atoms with E-state index in [2.05, 4.69) is 15.0 Å². The molecule has 2 N–H and O–H groups in total. The number of aromatic nitrogens is 2. The van der Waals surface area contributed by atoms with Crippen LogP contribution in [0.4, 0.5) is 5.69 Å². The quantitative estimate of drug-likeness (QED) is 0.683. The maximum absolute atomic E-state index is 12.5. The fraction of sp³-hybridized carbons (Fsp3) is 0.158. The normalized spacial score (nSPS) is 11.2. The minimum atomic E-state index is -3.42. The Kier molecular flexibility index (Phi) is 5.27. The van der Waals surface area contributed by atoms with Crippen LogP contribution < -0.4 is 10.0 Å². The minimum absolute atomic E-state index is 0.285. The first kappa shape index (κ1) is 18.7. The highest BCUT2D eigenvalue weighted by Crippen LogP contribution is 2.19. The largest absolute Gasteiger partial charge is 0.348 e. The number of benzene rings is 2. The van der Waals surface area contributed by atoms with E-state index in [1.807, 2.05) is 35.0 Å². The summed E-state index contributed by atoms with van der Waals surface area (Å²) in [5, 5.41) is 2.88. The third-order valence-electron chi connectivity index (χ3n) is 4.01. The molecule has 0 fully saturated rings.